The highest BCUT2D eigenvalue weighted by Gasteiger charge is 2.20. The Bertz CT molecular complexity index is 944. The first-order valence-corrected chi connectivity index (χ1v) is 10.5. The molecule has 3 rings (SSSR count). The van der Waals surface area contributed by atoms with E-state index in [0.29, 0.717) is 0 Å². The third-order valence-electron chi connectivity index (χ3n) is 4.23. The molecule has 2 aromatic carbocycles. The zero-order valence-corrected chi connectivity index (χ0v) is 17.4. The summed E-state index contributed by atoms with van der Waals surface area (Å²) in [7, 11) is 1.62. The number of benzene rings is 2. The number of thiazole rings is 1. The van der Waals surface area contributed by atoms with Crippen molar-refractivity contribution in [3.05, 3.63) is 65.3 Å². The van der Waals surface area contributed by atoms with Gasteiger partial charge in [0.2, 0.25) is 5.91 Å². The van der Waals surface area contributed by atoms with Crippen LogP contribution in [0.25, 0.3) is 11.3 Å². The van der Waals surface area contributed by atoms with Crippen LogP contribution in [0.5, 0.6) is 5.75 Å². The van der Waals surface area contributed by atoms with Gasteiger partial charge in [0.1, 0.15) is 11.6 Å². The van der Waals surface area contributed by atoms with Gasteiger partial charge in [0.05, 0.1) is 24.1 Å². The Labute approximate surface area is 172 Å². The highest BCUT2D eigenvalue weighted by molar-refractivity contribution is 8.02. The van der Waals surface area contributed by atoms with Gasteiger partial charge in [-0.2, -0.15) is 0 Å². The number of amides is 1. The number of rotatable bonds is 7. The number of ether oxygens (including phenoxy) is 1. The Balaban J connectivity index is 1.62. The van der Waals surface area contributed by atoms with Gasteiger partial charge in [-0.05, 0) is 44.2 Å². The number of para-hydroxylation sites is 1. The number of hydrogen-bond donors (Lipinski definition) is 1. The van der Waals surface area contributed by atoms with Gasteiger partial charge in [-0.25, -0.2) is 9.37 Å². The van der Waals surface area contributed by atoms with Crippen LogP contribution in [-0.2, 0) is 4.79 Å². The standard InChI is InChI=1S/C21H21FN2O2S2/c1-13(17-6-4-5-7-19(17)26-3)23-20(25)14(2)28-21-24-18(12-27-21)15-8-10-16(22)11-9-15/h4-14H,1-3H3,(H,23,25). The maximum absolute atomic E-state index is 13.1. The Morgan fingerprint density at radius 3 is 2.61 bits per heavy atom. The Morgan fingerprint density at radius 1 is 1.18 bits per heavy atom. The number of carbonyl (C=O) groups excluding carboxylic acids is 1. The van der Waals surface area contributed by atoms with Gasteiger partial charge in [-0.3, -0.25) is 4.79 Å². The second-order valence-corrected chi connectivity index (χ2v) is 8.68. The summed E-state index contributed by atoms with van der Waals surface area (Å²) in [5, 5.41) is 4.64. The third kappa shape index (κ3) is 4.91. The van der Waals surface area contributed by atoms with Gasteiger partial charge in [0.15, 0.2) is 4.34 Å². The predicted octanol–water partition coefficient (Wildman–Crippen LogP) is 5.32. The van der Waals surface area contributed by atoms with Crippen LogP contribution >= 0.6 is 23.1 Å². The minimum Gasteiger partial charge on any atom is -0.496 e. The second-order valence-electron chi connectivity index (χ2n) is 6.24. The number of methoxy groups -OCH3 is 1. The van der Waals surface area contributed by atoms with Crippen molar-refractivity contribution in [2.45, 2.75) is 29.5 Å². The molecular formula is C21H21FN2O2S2. The van der Waals surface area contributed by atoms with E-state index in [-0.39, 0.29) is 23.0 Å². The van der Waals surface area contributed by atoms with E-state index < -0.39 is 0 Å². The molecule has 0 bridgehead atoms. The van der Waals surface area contributed by atoms with Gasteiger partial charge in [0.25, 0.3) is 0 Å². The Hall–Kier alpha value is -2.38. The lowest BCUT2D eigenvalue weighted by molar-refractivity contribution is -0.120. The average Bonchev–Trinajstić information content (AvgIpc) is 3.16. The molecule has 1 amide bonds. The Kier molecular flexibility index (Phi) is 6.70. The molecule has 7 heteroatoms. The molecule has 1 N–H and O–H groups in total. The number of thioether (sulfide) groups is 1. The minimum atomic E-state index is -0.302. The van der Waals surface area contributed by atoms with Gasteiger partial charge >= 0.3 is 0 Å². The van der Waals surface area contributed by atoms with E-state index in [1.54, 1.807) is 19.2 Å². The van der Waals surface area contributed by atoms with Crippen LogP contribution in [0.15, 0.2) is 58.3 Å². The van der Waals surface area contributed by atoms with Crippen molar-refractivity contribution in [1.29, 1.82) is 0 Å². The van der Waals surface area contributed by atoms with E-state index in [0.717, 1.165) is 26.9 Å². The number of halogens is 1. The quantitative estimate of drug-likeness (QED) is 0.530. The van der Waals surface area contributed by atoms with Crippen LogP contribution < -0.4 is 10.1 Å². The van der Waals surface area contributed by atoms with Crippen molar-refractivity contribution >= 4 is 29.0 Å². The van der Waals surface area contributed by atoms with Crippen molar-refractivity contribution in [3.8, 4) is 17.0 Å². The van der Waals surface area contributed by atoms with E-state index in [9.17, 15) is 9.18 Å². The monoisotopic (exact) mass is 416 g/mol. The third-order valence-corrected chi connectivity index (χ3v) is 6.31. The van der Waals surface area contributed by atoms with E-state index in [2.05, 4.69) is 10.3 Å². The number of carbonyl (C=O) groups is 1. The summed E-state index contributed by atoms with van der Waals surface area (Å²) in [5.41, 5.74) is 2.57. The molecule has 0 saturated carbocycles. The summed E-state index contributed by atoms with van der Waals surface area (Å²) in [6.45, 7) is 3.79. The van der Waals surface area contributed by atoms with Crippen LogP contribution in [0.2, 0.25) is 0 Å². The zero-order chi connectivity index (χ0) is 20.1. The maximum atomic E-state index is 13.1. The van der Waals surface area contributed by atoms with Crippen LogP contribution in [-0.4, -0.2) is 23.3 Å². The molecular weight excluding hydrogens is 395 g/mol. The largest absolute Gasteiger partial charge is 0.496 e. The summed E-state index contributed by atoms with van der Waals surface area (Å²) in [5.74, 6) is 0.407. The lowest BCUT2D eigenvalue weighted by atomic mass is 10.1. The van der Waals surface area contributed by atoms with E-state index in [4.69, 9.17) is 4.74 Å². The number of nitrogens with zero attached hydrogens (tertiary/aromatic N) is 1. The maximum Gasteiger partial charge on any atom is 0.233 e. The fourth-order valence-corrected chi connectivity index (χ4v) is 4.68. The van der Waals surface area contributed by atoms with Crippen molar-refractivity contribution in [3.63, 3.8) is 0 Å². The van der Waals surface area contributed by atoms with Crippen LogP contribution in [0.4, 0.5) is 4.39 Å². The predicted molar refractivity (Wildman–Crippen MR) is 112 cm³/mol. The molecule has 0 fully saturated rings. The molecule has 0 aliphatic heterocycles. The first-order chi connectivity index (χ1) is 13.5. The molecule has 0 aliphatic carbocycles. The molecule has 4 nitrogen and oxygen atoms in total. The van der Waals surface area contributed by atoms with E-state index >= 15 is 0 Å². The highest BCUT2D eigenvalue weighted by Crippen LogP contribution is 2.31. The normalized spacial score (nSPS) is 13.0. The van der Waals surface area contributed by atoms with Crippen LogP contribution in [0.1, 0.15) is 25.5 Å². The fourth-order valence-electron chi connectivity index (χ4n) is 2.70. The topological polar surface area (TPSA) is 51.2 Å². The van der Waals surface area contributed by atoms with Crippen molar-refractivity contribution < 1.29 is 13.9 Å². The summed E-state index contributed by atoms with van der Waals surface area (Å²) >= 11 is 2.88. The van der Waals surface area contributed by atoms with E-state index in [1.165, 1.54) is 35.2 Å². The first-order valence-electron chi connectivity index (χ1n) is 8.79. The van der Waals surface area contributed by atoms with Crippen molar-refractivity contribution in [2.75, 3.05) is 7.11 Å². The van der Waals surface area contributed by atoms with Gasteiger partial charge in [-0.1, -0.05) is 30.0 Å². The molecule has 3 aromatic rings. The molecule has 1 aromatic heterocycles. The molecule has 0 aliphatic rings. The van der Waals surface area contributed by atoms with Gasteiger partial charge < -0.3 is 10.1 Å². The lowest BCUT2D eigenvalue weighted by Gasteiger charge is -2.19. The van der Waals surface area contributed by atoms with Gasteiger partial charge in [-0.15, -0.1) is 11.3 Å². The second kappa shape index (κ2) is 9.21. The summed E-state index contributed by atoms with van der Waals surface area (Å²) in [6.07, 6.45) is 0. The molecule has 2 atom stereocenters. The number of hydrogen-bond acceptors (Lipinski definition) is 5. The SMILES string of the molecule is COc1ccccc1C(C)NC(=O)C(C)Sc1nc(-c2ccc(F)cc2)cs1. The lowest BCUT2D eigenvalue weighted by Crippen LogP contribution is -2.33. The number of nitrogens with one attached hydrogen (secondary N) is 1. The summed E-state index contributed by atoms with van der Waals surface area (Å²) in [4.78, 5) is 17.2. The molecule has 0 saturated heterocycles. The molecule has 2 unspecified atom stereocenters. The van der Waals surface area contributed by atoms with Crippen LogP contribution in [0, 0.1) is 5.82 Å². The molecule has 146 valence electrons. The minimum absolute atomic E-state index is 0.0676. The molecule has 28 heavy (non-hydrogen) atoms. The average molecular weight is 417 g/mol. The summed E-state index contributed by atoms with van der Waals surface area (Å²) < 4.78 is 19.2. The fraction of sp³-hybridized carbons (Fsp3) is 0.238. The van der Waals surface area contributed by atoms with Crippen LogP contribution in [0.3, 0.4) is 0 Å². The summed E-state index contributed by atoms with van der Waals surface area (Å²) in [6, 6.07) is 13.7. The Morgan fingerprint density at radius 2 is 1.89 bits per heavy atom. The zero-order valence-electron chi connectivity index (χ0n) is 15.8. The molecule has 0 spiro atoms. The molecule has 1 heterocycles. The van der Waals surface area contributed by atoms with Gasteiger partial charge in [0, 0.05) is 16.5 Å². The van der Waals surface area contributed by atoms with Crippen molar-refractivity contribution in [2.24, 2.45) is 0 Å². The number of aromatic nitrogens is 1. The highest BCUT2D eigenvalue weighted by atomic mass is 32.2. The van der Waals surface area contributed by atoms with Crippen molar-refractivity contribution in [1.82, 2.24) is 10.3 Å². The smallest absolute Gasteiger partial charge is 0.233 e. The molecule has 0 radical (unpaired) electrons. The van der Waals surface area contributed by atoms with E-state index in [1.807, 2.05) is 43.5 Å². The first kappa shape index (κ1) is 20.4.